The number of aromatic nitrogens is 2. The predicted molar refractivity (Wildman–Crippen MR) is 100.0 cm³/mol. The Morgan fingerprint density at radius 2 is 1.92 bits per heavy atom. The molecular formula is C18H21N3O2S2. The molecule has 132 valence electrons. The van der Waals surface area contributed by atoms with Crippen LogP contribution in [0.3, 0.4) is 0 Å². The minimum atomic E-state index is -3.52. The van der Waals surface area contributed by atoms with Gasteiger partial charge in [0.2, 0.25) is 0 Å². The molecule has 0 amide bonds. The van der Waals surface area contributed by atoms with Crippen LogP contribution in [0.2, 0.25) is 0 Å². The first-order valence-corrected chi connectivity index (χ1v) is 10.5. The van der Waals surface area contributed by atoms with E-state index in [0.29, 0.717) is 30.3 Å². The Morgan fingerprint density at radius 3 is 2.60 bits per heavy atom. The molecule has 3 aromatic rings. The van der Waals surface area contributed by atoms with Gasteiger partial charge in [-0.3, -0.25) is 4.68 Å². The summed E-state index contributed by atoms with van der Waals surface area (Å²) in [6, 6.07) is 15.2. The average Bonchev–Trinajstić information content (AvgIpc) is 3.31. The van der Waals surface area contributed by atoms with Gasteiger partial charge in [0, 0.05) is 19.3 Å². The zero-order valence-electron chi connectivity index (χ0n) is 14.1. The van der Waals surface area contributed by atoms with Crippen molar-refractivity contribution in [1.29, 1.82) is 0 Å². The maximum absolute atomic E-state index is 13.0. The third-order valence-electron chi connectivity index (χ3n) is 4.02. The molecule has 0 unspecified atom stereocenters. The fraction of sp³-hybridized carbons (Fsp3) is 0.278. The Labute approximate surface area is 152 Å². The highest BCUT2D eigenvalue weighted by Gasteiger charge is 2.26. The highest BCUT2D eigenvalue weighted by molar-refractivity contribution is 7.91. The molecule has 7 heteroatoms. The van der Waals surface area contributed by atoms with Crippen LogP contribution in [0.4, 0.5) is 0 Å². The van der Waals surface area contributed by atoms with Crippen molar-refractivity contribution in [3.8, 4) is 0 Å². The van der Waals surface area contributed by atoms with Crippen molar-refractivity contribution < 1.29 is 8.42 Å². The summed E-state index contributed by atoms with van der Waals surface area (Å²) in [4.78, 5) is 0. The molecular weight excluding hydrogens is 354 g/mol. The summed E-state index contributed by atoms with van der Waals surface area (Å²) < 4.78 is 29.9. The van der Waals surface area contributed by atoms with E-state index in [1.165, 1.54) is 11.3 Å². The van der Waals surface area contributed by atoms with E-state index in [9.17, 15) is 8.42 Å². The van der Waals surface area contributed by atoms with Crippen LogP contribution in [-0.2, 0) is 29.5 Å². The number of sulfonamides is 1. The van der Waals surface area contributed by atoms with Gasteiger partial charge in [0.05, 0.1) is 12.2 Å². The predicted octanol–water partition coefficient (Wildman–Crippen LogP) is 3.40. The molecule has 0 saturated carbocycles. The normalized spacial score (nSPS) is 11.9. The van der Waals surface area contributed by atoms with E-state index >= 15 is 0 Å². The Kier molecular flexibility index (Phi) is 5.67. The minimum Gasteiger partial charge on any atom is -0.269 e. The van der Waals surface area contributed by atoms with Gasteiger partial charge in [0.15, 0.2) is 0 Å². The summed E-state index contributed by atoms with van der Waals surface area (Å²) in [5, 5.41) is 6.04. The van der Waals surface area contributed by atoms with Gasteiger partial charge < -0.3 is 0 Å². The van der Waals surface area contributed by atoms with Crippen molar-refractivity contribution in [2.75, 3.05) is 6.54 Å². The Morgan fingerprint density at radius 1 is 1.12 bits per heavy atom. The lowest BCUT2D eigenvalue weighted by atomic mass is 10.1. The molecule has 0 aliphatic rings. The van der Waals surface area contributed by atoms with Crippen molar-refractivity contribution >= 4 is 21.4 Å². The number of nitrogens with zero attached hydrogens (tertiary/aromatic N) is 3. The molecule has 0 N–H and O–H groups in total. The van der Waals surface area contributed by atoms with Gasteiger partial charge >= 0.3 is 0 Å². The van der Waals surface area contributed by atoms with E-state index < -0.39 is 10.0 Å². The number of rotatable bonds is 8. The number of hydrogen-bond acceptors (Lipinski definition) is 4. The van der Waals surface area contributed by atoms with Gasteiger partial charge in [0.25, 0.3) is 10.0 Å². The lowest BCUT2D eigenvalue weighted by Crippen LogP contribution is -2.33. The van der Waals surface area contributed by atoms with Crippen LogP contribution in [0.1, 0.15) is 18.2 Å². The van der Waals surface area contributed by atoms with Gasteiger partial charge in [-0.1, -0.05) is 36.4 Å². The highest BCUT2D eigenvalue weighted by Crippen LogP contribution is 2.23. The fourth-order valence-electron chi connectivity index (χ4n) is 2.68. The maximum Gasteiger partial charge on any atom is 0.252 e. The van der Waals surface area contributed by atoms with E-state index in [0.717, 1.165) is 11.3 Å². The molecule has 25 heavy (non-hydrogen) atoms. The molecule has 0 aliphatic heterocycles. The van der Waals surface area contributed by atoms with E-state index in [1.807, 2.05) is 48.0 Å². The summed E-state index contributed by atoms with van der Waals surface area (Å²) in [6.45, 7) is 3.46. The first kappa shape index (κ1) is 17.8. The standard InChI is InChI=1S/C18H21N3O2S2/c1-2-21-17(10-12-19-21)15-20(13-11-16-7-4-3-5-8-16)25(22,23)18-9-6-14-24-18/h3-10,12,14H,2,11,13,15H2,1H3. The van der Waals surface area contributed by atoms with Gasteiger partial charge in [-0.2, -0.15) is 9.40 Å². The second-order valence-electron chi connectivity index (χ2n) is 5.64. The molecule has 0 radical (unpaired) electrons. The van der Waals surface area contributed by atoms with Crippen molar-refractivity contribution in [3.05, 3.63) is 71.4 Å². The topological polar surface area (TPSA) is 55.2 Å². The van der Waals surface area contributed by atoms with Crippen molar-refractivity contribution in [3.63, 3.8) is 0 Å². The number of aryl methyl sites for hydroxylation is 1. The van der Waals surface area contributed by atoms with Crippen LogP contribution in [-0.4, -0.2) is 29.0 Å². The number of thiophene rings is 1. The summed E-state index contributed by atoms with van der Waals surface area (Å²) in [5.41, 5.74) is 2.02. The van der Waals surface area contributed by atoms with Crippen molar-refractivity contribution in [2.24, 2.45) is 0 Å². The molecule has 0 spiro atoms. The minimum absolute atomic E-state index is 0.320. The van der Waals surface area contributed by atoms with Gasteiger partial charge in [-0.25, -0.2) is 8.42 Å². The number of benzene rings is 1. The van der Waals surface area contributed by atoms with Crippen LogP contribution < -0.4 is 0 Å². The summed E-state index contributed by atoms with van der Waals surface area (Å²) in [5.74, 6) is 0. The Hall–Kier alpha value is -1.96. The molecule has 0 bridgehead atoms. The van der Waals surface area contributed by atoms with Crippen LogP contribution in [0.25, 0.3) is 0 Å². The molecule has 0 aliphatic carbocycles. The molecule has 0 saturated heterocycles. The van der Waals surface area contributed by atoms with E-state index in [-0.39, 0.29) is 0 Å². The van der Waals surface area contributed by atoms with Crippen LogP contribution in [0, 0.1) is 0 Å². The summed E-state index contributed by atoms with van der Waals surface area (Å²) in [6.07, 6.45) is 2.39. The third kappa shape index (κ3) is 4.18. The monoisotopic (exact) mass is 375 g/mol. The van der Waals surface area contributed by atoms with Crippen molar-refractivity contribution in [2.45, 2.75) is 30.6 Å². The molecule has 1 aromatic carbocycles. The van der Waals surface area contributed by atoms with Crippen LogP contribution >= 0.6 is 11.3 Å². The summed E-state index contributed by atoms with van der Waals surface area (Å²) >= 11 is 1.25. The zero-order valence-corrected chi connectivity index (χ0v) is 15.7. The quantitative estimate of drug-likeness (QED) is 0.606. The smallest absolute Gasteiger partial charge is 0.252 e. The second-order valence-corrected chi connectivity index (χ2v) is 8.76. The third-order valence-corrected chi connectivity index (χ3v) is 7.24. The lowest BCUT2D eigenvalue weighted by Gasteiger charge is -2.22. The van der Waals surface area contributed by atoms with Crippen LogP contribution in [0.15, 0.2) is 64.3 Å². The largest absolute Gasteiger partial charge is 0.269 e. The van der Waals surface area contributed by atoms with Gasteiger partial charge in [-0.05, 0) is 36.4 Å². The lowest BCUT2D eigenvalue weighted by molar-refractivity contribution is 0.395. The second kappa shape index (κ2) is 7.95. The van der Waals surface area contributed by atoms with Gasteiger partial charge in [-0.15, -0.1) is 11.3 Å². The van der Waals surface area contributed by atoms with Crippen LogP contribution in [0.5, 0.6) is 0 Å². The van der Waals surface area contributed by atoms with E-state index in [2.05, 4.69) is 5.10 Å². The Balaban J connectivity index is 1.85. The fourth-order valence-corrected chi connectivity index (χ4v) is 5.24. The van der Waals surface area contributed by atoms with E-state index in [4.69, 9.17) is 0 Å². The average molecular weight is 376 g/mol. The SMILES string of the molecule is CCn1nccc1CN(CCc1ccccc1)S(=O)(=O)c1cccs1. The summed E-state index contributed by atoms with van der Waals surface area (Å²) in [7, 11) is -3.52. The molecule has 5 nitrogen and oxygen atoms in total. The first-order valence-electron chi connectivity index (χ1n) is 8.19. The van der Waals surface area contributed by atoms with Crippen molar-refractivity contribution in [1.82, 2.24) is 14.1 Å². The maximum atomic E-state index is 13.0. The van der Waals surface area contributed by atoms with Gasteiger partial charge in [0.1, 0.15) is 4.21 Å². The molecule has 0 atom stereocenters. The molecule has 2 aromatic heterocycles. The zero-order chi connectivity index (χ0) is 17.7. The highest BCUT2D eigenvalue weighted by atomic mass is 32.2. The van der Waals surface area contributed by atoms with E-state index in [1.54, 1.807) is 28.0 Å². The number of hydrogen-bond donors (Lipinski definition) is 0. The molecule has 0 fully saturated rings. The first-order chi connectivity index (χ1) is 12.1. The molecule has 3 rings (SSSR count). The molecule has 2 heterocycles. The Bertz CT molecular complexity index is 888.